The number of carboxylic acids is 1. The molecule has 0 atom stereocenters. The van der Waals surface area contributed by atoms with Crippen molar-refractivity contribution in [3.8, 4) is 0 Å². The Morgan fingerprint density at radius 2 is 1.71 bits per heavy atom. The molecule has 5 nitrogen and oxygen atoms in total. The summed E-state index contributed by atoms with van der Waals surface area (Å²) < 4.78 is 0. The van der Waals surface area contributed by atoms with Crippen molar-refractivity contribution in [3.63, 3.8) is 0 Å². The fourth-order valence-electron chi connectivity index (χ4n) is 1.74. The fourth-order valence-corrected chi connectivity index (χ4v) is 1.74. The monoisotopic (exact) mass is 245 g/mol. The summed E-state index contributed by atoms with van der Waals surface area (Å²) >= 11 is 0. The normalized spacial score (nSPS) is 11.6. The molecule has 0 saturated carbocycles. The topological polar surface area (TPSA) is 77.8 Å². The zero-order valence-corrected chi connectivity index (χ0v) is 11.1. The van der Waals surface area contributed by atoms with Crippen LogP contribution in [0.5, 0.6) is 0 Å². The van der Waals surface area contributed by atoms with E-state index >= 15 is 0 Å². The lowest BCUT2D eigenvalue weighted by atomic mass is 9.90. The molecule has 5 heteroatoms. The summed E-state index contributed by atoms with van der Waals surface area (Å²) in [6, 6.07) is -0.0201. The van der Waals surface area contributed by atoms with Crippen LogP contribution in [-0.4, -0.2) is 46.2 Å². The molecule has 0 heterocycles. The third-order valence-corrected chi connectivity index (χ3v) is 3.05. The van der Waals surface area contributed by atoms with Crippen molar-refractivity contribution in [3.05, 3.63) is 0 Å². The number of rotatable bonds is 7. The van der Waals surface area contributed by atoms with Gasteiger partial charge in [0.15, 0.2) is 0 Å². The van der Waals surface area contributed by atoms with E-state index < -0.39 is 17.3 Å². The highest BCUT2D eigenvalue weighted by Gasteiger charge is 2.40. The molecule has 0 saturated heterocycles. The van der Waals surface area contributed by atoms with E-state index in [4.69, 9.17) is 10.2 Å². The second-order valence-corrected chi connectivity index (χ2v) is 4.62. The summed E-state index contributed by atoms with van der Waals surface area (Å²) in [7, 11) is 0. The van der Waals surface area contributed by atoms with E-state index in [0.717, 1.165) is 12.8 Å². The predicted octanol–water partition coefficient (Wildman–Crippen LogP) is 1.11. The first kappa shape index (κ1) is 15.9. The number of carboxylic acid groups (broad SMARTS) is 1. The first-order valence-electron chi connectivity index (χ1n) is 5.98. The van der Waals surface area contributed by atoms with Gasteiger partial charge >= 0.3 is 5.97 Å². The van der Waals surface area contributed by atoms with Crippen molar-refractivity contribution in [2.75, 3.05) is 13.2 Å². The molecule has 100 valence electrons. The Kier molecular flexibility index (Phi) is 6.16. The van der Waals surface area contributed by atoms with Gasteiger partial charge in [-0.25, -0.2) is 0 Å². The van der Waals surface area contributed by atoms with E-state index in [1.165, 1.54) is 18.7 Å². The van der Waals surface area contributed by atoms with Gasteiger partial charge in [-0.2, -0.15) is 0 Å². The molecule has 0 bridgehead atoms. The van der Waals surface area contributed by atoms with E-state index in [-0.39, 0.29) is 19.2 Å². The van der Waals surface area contributed by atoms with Crippen LogP contribution >= 0.6 is 0 Å². The molecule has 2 N–H and O–H groups in total. The van der Waals surface area contributed by atoms with Crippen LogP contribution in [-0.2, 0) is 9.59 Å². The van der Waals surface area contributed by atoms with E-state index in [1.807, 2.05) is 13.8 Å². The number of hydrogen-bond donors (Lipinski definition) is 2. The van der Waals surface area contributed by atoms with Gasteiger partial charge in [0.1, 0.15) is 5.41 Å². The Morgan fingerprint density at radius 3 is 2.00 bits per heavy atom. The van der Waals surface area contributed by atoms with Gasteiger partial charge < -0.3 is 15.1 Å². The molecular formula is C12H23NO4. The van der Waals surface area contributed by atoms with Crippen molar-refractivity contribution >= 4 is 11.9 Å². The number of amides is 1. The summed E-state index contributed by atoms with van der Waals surface area (Å²) in [5, 5.41) is 18.0. The van der Waals surface area contributed by atoms with Crippen molar-refractivity contribution in [2.45, 2.75) is 46.6 Å². The van der Waals surface area contributed by atoms with Gasteiger partial charge in [0, 0.05) is 12.6 Å². The van der Waals surface area contributed by atoms with Crippen LogP contribution in [0.25, 0.3) is 0 Å². The Hall–Kier alpha value is -1.10. The Morgan fingerprint density at radius 1 is 1.24 bits per heavy atom. The largest absolute Gasteiger partial charge is 0.480 e. The van der Waals surface area contributed by atoms with Crippen LogP contribution in [0.1, 0.15) is 40.5 Å². The number of hydrogen-bond acceptors (Lipinski definition) is 3. The highest BCUT2D eigenvalue weighted by Crippen LogP contribution is 2.22. The van der Waals surface area contributed by atoms with Gasteiger partial charge in [0.05, 0.1) is 6.61 Å². The molecule has 0 aromatic carbocycles. The number of nitrogens with zero attached hydrogens (tertiary/aromatic N) is 1. The highest BCUT2D eigenvalue weighted by molar-refractivity contribution is 6.01. The molecule has 0 radical (unpaired) electrons. The van der Waals surface area contributed by atoms with E-state index in [0.29, 0.717) is 0 Å². The van der Waals surface area contributed by atoms with Gasteiger partial charge in [0.25, 0.3) is 0 Å². The first-order chi connectivity index (χ1) is 7.82. The van der Waals surface area contributed by atoms with E-state index in [2.05, 4.69) is 0 Å². The maximum absolute atomic E-state index is 12.2. The first-order valence-corrected chi connectivity index (χ1v) is 5.98. The van der Waals surface area contributed by atoms with Crippen molar-refractivity contribution < 1.29 is 19.8 Å². The third-order valence-electron chi connectivity index (χ3n) is 3.05. The molecule has 0 fully saturated rings. The standard InChI is InChI=1S/C12H23NO4/c1-5-9(6-2)13(7-8-14)10(15)12(3,4)11(16)17/h9,14H,5-8H2,1-4H3,(H,16,17). The van der Waals surface area contributed by atoms with E-state index in [9.17, 15) is 9.59 Å². The van der Waals surface area contributed by atoms with Crippen LogP contribution in [0.2, 0.25) is 0 Å². The zero-order valence-electron chi connectivity index (χ0n) is 11.1. The SMILES string of the molecule is CCC(CC)N(CCO)C(=O)C(C)(C)C(=O)O. The lowest BCUT2D eigenvalue weighted by molar-refractivity contribution is -0.159. The Bertz CT molecular complexity index is 272. The second-order valence-electron chi connectivity index (χ2n) is 4.62. The molecule has 17 heavy (non-hydrogen) atoms. The van der Waals surface area contributed by atoms with Crippen molar-refractivity contribution in [1.82, 2.24) is 4.90 Å². The summed E-state index contributed by atoms with van der Waals surface area (Å²) in [5.41, 5.74) is -1.45. The van der Waals surface area contributed by atoms with Gasteiger partial charge in [-0.1, -0.05) is 13.8 Å². The summed E-state index contributed by atoms with van der Waals surface area (Å²) in [4.78, 5) is 24.7. The maximum Gasteiger partial charge on any atom is 0.318 e. The highest BCUT2D eigenvalue weighted by atomic mass is 16.4. The molecule has 0 aliphatic heterocycles. The molecule has 0 unspecified atom stereocenters. The van der Waals surface area contributed by atoms with Gasteiger partial charge in [0.2, 0.25) is 5.91 Å². The smallest absolute Gasteiger partial charge is 0.318 e. The number of aliphatic carboxylic acids is 1. The predicted molar refractivity (Wildman–Crippen MR) is 64.6 cm³/mol. The minimum Gasteiger partial charge on any atom is -0.480 e. The maximum atomic E-state index is 12.2. The minimum absolute atomic E-state index is 0.0201. The lowest BCUT2D eigenvalue weighted by Crippen LogP contribution is -2.50. The van der Waals surface area contributed by atoms with Gasteiger partial charge in [-0.05, 0) is 26.7 Å². The van der Waals surface area contributed by atoms with E-state index in [1.54, 1.807) is 0 Å². The Labute approximate surface area is 102 Å². The summed E-state index contributed by atoms with van der Waals surface area (Å²) in [6.45, 7) is 6.70. The summed E-state index contributed by atoms with van der Waals surface area (Å²) in [6.07, 6.45) is 1.50. The second kappa shape index (κ2) is 6.59. The average molecular weight is 245 g/mol. The van der Waals surface area contributed by atoms with Crippen LogP contribution in [0, 0.1) is 5.41 Å². The molecule has 0 spiro atoms. The van der Waals surface area contributed by atoms with Crippen LogP contribution < -0.4 is 0 Å². The van der Waals surface area contributed by atoms with Gasteiger partial charge in [-0.3, -0.25) is 9.59 Å². The van der Waals surface area contributed by atoms with Gasteiger partial charge in [-0.15, -0.1) is 0 Å². The number of aliphatic hydroxyl groups is 1. The molecule has 1 amide bonds. The van der Waals surface area contributed by atoms with Crippen LogP contribution in [0.3, 0.4) is 0 Å². The molecule has 0 aromatic heterocycles. The molecule has 0 aromatic rings. The van der Waals surface area contributed by atoms with Crippen molar-refractivity contribution in [1.29, 1.82) is 0 Å². The number of aliphatic hydroxyl groups excluding tert-OH is 1. The van der Waals surface area contributed by atoms with Crippen LogP contribution in [0.15, 0.2) is 0 Å². The Balaban J connectivity index is 5.06. The average Bonchev–Trinajstić information content (AvgIpc) is 2.28. The minimum atomic E-state index is -1.45. The molecule has 0 rings (SSSR count). The lowest BCUT2D eigenvalue weighted by Gasteiger charge is -2.34. The third kappa shape index (κ3) is 3.70. The fraction of sp³-hybridized carbons (Fsp3) is 0.833. The molecular weight excluding hydrogens is 222 g/mol. The molecule has 0 aliphatic rings. The molecule has 0 aliphatic carbocycles. The van der Waals surface area contributed by atoms with Crippen LogP contribution in [0.4, 0.5) is 0 Å². The number of carbonyl (C=O) groups excluding carboxylic acids is 1. The summed E-state index contributed by atoms with van der Waals surface area (Å²) in [5.74, 6) is -1.58. The number of carbonyl (C=O) groups is 2. The van der Waals surface area contributed by atoms with Crippen molar-refractivity contribution in [2.24, 2.45) is 5.41 Å². The zero-order chi connectivity index (χ0) is 13.6. The quantitative estimate of drug-likeness (QED) is 0.659.